The first-order valence-corrected chi connectivity index (χ1v) is 13.0. The summed E-state index contributed by atoms with van der Waals surface area (Å²) < 4.78 is 52.1. The Morgan fingerprint density at radius 1 is 1.10 bits per heavy atom. The molecule has 0 amide bonds. The minimum atomic E-state index is -3.58. The molecule has 2 aromatic carbocycles. The lowest BCUT2D eigenvalue weighted by atomic mass is 9.98. The molecular formula is C20H26N4O4S2. The number of sulfonamides is 2. The number of nitrogens with one attached hydrogen (secondary N) is 1. The molecule has 1 N–H and O–H groups in total. The molecule has 0 saturated heterocycles. The molecule has 0 aliphatic carbocycles. The summed E-state index contributed by atoms with van der Waals surface area (Å²) in [6.45, 7) is 1.59. The third-order valence-corrected chi connectivity index (χ3v) is 7.06. The number of benzene rings is 2. The van der Waals surface area contributed by atoms with Gasteiger partial charge < -0.3 is 4.90 Å². The average Bonchev–Trinajstić information content (AvgIpc) is 3.13. The van der Waals surface area contributed by atoms with E-state index in [2.05, 4.69) is 9.82 Å². The highest BCUT2D eigenvalue weighted by Crippen LogP contribution is 2.36. The number of hydrazone groups is 1. The van der Waals surface area contributed by atoms with Gasteiger partial charge in [-0.25, -0.2) is 16.8 Å². The molecule has 1 aliphatic heterocycles. The first kappa shape index (κ1) is 22.1. The van der Waals surface area contributed by atoms with Gasteiger partial charge in [0, 0.05) is 31.9 Å². The van der Waals surface area contributed by atoms with Crippen LogP contribution in [0.4, 0.5) is 11.4 Å². The lowest BCUT2D eigenvalue weighted by molar-refractivity contribution is 0.372. The monoisotopic (exact) mass is 450 g/mol. The molecule has 0 bridgehead atoms. The topological polar surface area (TPSA) is 99.1 Å². The van der Waals surface area contributed by atoms with Crippen molar-refractivity contribution in [3.8, 4) is 0 Å². The number of nitrogens with zero attached hydrogens (tertiary/aromatic N) is 3. The van der Waals surface area contributed by atoms with Gasteiger partial charge in [0.25, 0.3) is 0 Å². The maximum atomic E-state index is 12.7. The van der Waals surface area contributed by atoms with Crippen LogP contribution in [0.5, 0.6) is 0 Å². The van der Waals surface area contributed by atoms with Crippen molar-refractivity contribution in [1.29, 1.82) is 0 Å². The molecule has 10 heteroatoms. The minimum absolute atomic E-state index is 0.0638. The molecule has 0 aromatic heterocycles. The van der Waals surface area contributed by atoms with Gasteiger partial charge in [-0.3, -0.25) is 4.72 Å². The third kappa shape index (κ3) is 4.93. The Bertz CT molecular complexity index is 1160. The molecule has 30 heavy (non-hydrogen) atoms. The fourth-order valence-electron chi connectivity index (χ4n) is 3.27. The second kappa shape index (κ2) is 8.27. The highest BCUT2D eigenvalue weighted by molar-refractivity contribution is 7.92. The summed E-state index contributed by atoms with van der Waals surface area (Å²) in [7, 11) is -3.11. The summed E-state index contributed by atoms with van der Waals surface area (Å²) in [6, 6.07) is 14.1. The normalized spacial score (nSPS) is 17.0. The molecule has 1 atom stereocenters. The van der Waals surface area contributed by atoms with Crippen LogP contribution in [0.2, 0.25) is 0 Å². The van der Waals surface area contributed by atoms with E-state index in [0.717, 1.165) is 17.5 Å². The van der Waals surface area contributed by atoms with E-state index in [4.69, 9.17) is 0 Å². The van der Waals surface area contributed by atoms with Crippen LogP contribution >= 0.6 is 0 Å². The van der Waals surface area contributed by atoms with Crippen molar-refractivity contribution in [2.75, 3.05) is 35.7 Å². The predicted octanol–water partition coefficient (Wildman–Crippen LogP) is 2.62. The van der Waals surface area contributed by atoms with Crippen LogP contribution in [-0.4, -0.2) is 53.1 Å². The van der Waals surface area contributed by atoms with E-state index in [0.29, 0.717) is 23.4 Å². The van der Waals surface area contributed by atoms with Gasteiger partial charge in [-0.15, -0.1) is 0 Å². The fourth-order valence-corrected chi connectivity index (χ4v) is 4.90. The fraction of sp³-hybridized carbons (Fsp3) is 0.350. The van der Waals surface area contributed by atoms with Gasteiger partial charge >= 0.3 is 0 Å². The Kier molecular flexibility index (Phi) is 6.09. The van der Waals surface area contributed by atoms with Crippen LogP contribution in [0.1, 0.15) is 30.5 Å². The molecule has 162 valence electrons. The standard InChI is InChI=1S/C20H26N4O4S2/c1-5-30(27,28)24-20(15-9-11-18(12-10-15)23(2)3)14-19(21-24)16-7-6-8-17(13-16)22-29(4,25)26/h6-13,20,22H,5,14H2,1-4H3/t20-/m0/s1. The molecule has 0 spiro atoms. The Morgan fingerprint density at radius 2 is 1.77 bits per heavy atom. The molecule has 0 radical (unpaired) electrons. The Labute approximate surface area is 178 Å². The Morgan fingerprint density at radius 3 is 2.33 bits per heavy atom. The summed E-state index contributed by atoms with van der Waals surface area (Å²) in [6.07, 6.45) is 1.47. The predicted molar refractivity (Wildman–Crippen MR) is 121 cm³/mol. The summed E-state index contributed by atoms with van der Waals surface area (Å²) in [5.41, 5.74) is 3.53. The maximum absolute atomic E-state index is 12.7. The molecule has 0 fully saturated rings. The molecule has 0 saturated carbocycles. The largest absolute Gasteiger partial charge is 0.378 e. The lowest BCUT2D eigenvalue weighted by Crippen LogP contribution is -2.28. The van der Waals surface area contributed by atoms with E-state index in [1.54, 1.807) is 31.2 Å². The Balaban J connectivity index is 1.98. The zero-order valence-corrected chi connectivity index (χ0v) is 19.0. The second-order valence-corrected chi connectivity index (χ2v) is 11.2. The van der Waals surface area contributed by atoms with Crippen LogP contribution in [0.3, 0.4) is 0 Å². The van der Waals surface area contributed by atoms with Crippen molar-refractivity contribution >= 4 is 37.1 Å². The molecule has 2 aromatic rings. The number of hydrogen-bond donors (Lipinski definition) is 1. The maximum Gasteiger partial charge on any atom is 0.250 e. The van der Waals surface area contributed by atoms with Crippen LogP contribution in [0.15, 0.2) is 53.6 Å². The van der Waals surface area contributed by atoms with E-state index in [9.17, 15) is 16.8 Å². The first-order chi connectivity index (χ1) is 14.0. The van der Waals surface area contributed by atoms with Crippen molar-refractivity contribution in [2.45, 2.75) is 19.4 Å². The average molecular weight is 451 g/mol. The van der Waals surface area contributed by atoms with Gasteiger partial charge in [-0.2, -0.15) is 9.52 Å². The summed E-state index contributed by atoms with van der Waals surface area (Å²) in [5, 5.41) is 4.43. The van der Waals surface area contributed by atoms with Crippen molar-refractivity contribution in [3.05, 3.63) is 59.7 Å². The molecule has 1 heterocycles. The van der Waals surface area contributed by atoms with E-state index in [1.807, 2.05) is 43.3 Å². The first-order valence-electron chi connectivity index (χ1n) is 9.45. The van der Waals surface area contributed by atoms with Gasteiger partial charge in [-0.1, -0.05) is 24.3 Å². The summed E-state index contributed by atoms with van der Waals surface area (Å²) >= 11 is 0. The van der Waals surface area contributed by atoms with Gasteiger partial charge in [0.1, 0.15) is 0 Å². The van der Waals surface area contributed by atoms with E-state index >= 15 is 0 Å². The molecule has 8 nitrogen and oxygen atoms in total. The minimum Gasteiger partial charge on any atom is -0.378 e. The number of rotatable bonds is 7. The van der Waals surface area contributed by atoms with E-state index in [-0.39, 0.29) is 5.75 Å². The van der Waals surface area contributed by atoms with E-state index in [1.165, 1.54) is 4.41 Å². The smallest absolute Gasteiger partial charge is 0.250 e. The highest BCUT2D eigenvalue weighted by Gasteiger charge is 2.35. The lowest BCUT2D eigenvalue weighted by Gasteiger charge is -2.23. The van der Waals surface area contributed by atoms with Gasteiger partial charge in [-0.05, 0) is 42.3 Å². The Hall–Kier alpha value is -2.59. The zero-order valence-electron chi connectivity index (χ0n) is 17.4. The summed E-state index contributed by atoms with van der Waals surface area (Å²) in [4.78, 5) is 1.97. The van der Waals surface area contributed by atoms with E-state index < -0.39 is 26.1 Å². The van der Waals surface area contributed by atoms with Crippen LogP contribution in [-0.2, 0) is 20.0 Å². The second-order valence-electron chi connectivity index (χ2n) is 7.38. The zero-order chi connectivity index (χ0) is 22.1. The molecular weight excluding hydrogens is 424 g/mol. The summed E-state index contributed by atoms with van der Waals surface area (Å²) in [5.74, 6) is -0.0638. The number of hydrogen-bond acceptors (Lipinski definition) is 6. The molecule has 0 unspecified atom stereocenters. The highest BCUT2D eigenvalue weighted by atomic mass is 32.2. The molecule has 1 aliphatic rings. The molecule has 3 rings (SSSR count). The van der Waals surface area contributed by atoms with Gasteiger partial charge in [0.15, 0.2) is 0 Å². The van der Waals surface area contributed by atoms with Crippen molar-refractivity contribution in [3.63, 3.8) is 0 Å². The van der Waals surface area contributed by atoms with Crippen LogP contribution < -0.4 is 9.62 Å². The quantitative estimate of drug-likeness (QED) is 0.699. The van der Waals surface area contributed by atoms with Crippen LogP contribution in [0.25, 0.3) is 0 Å². The van der Waals surface area contributed by atoms with Crippen molar-refractivity contribution < 1.29 is 16.8 Å². The van der Waals surface area contributed by atoms with Gasteiger partial charge in [0.05, 0.1) is 23.8 Å². The van der Waals surface area contributed by atoms with Crippen LogP contribution in [0, 0.1) is 0 Å². The SMILES string of the molecule is CCS(=O)(=O)N1N=C(c2cccc(NS(C)(=O)=O)c2)C[C@H]1c1ccc(N(C)C)cc1. The van der Waals surface area contributed by atoms with Crippen molar-refractivity contribution in [1.82, 2.24) is 4.41 Å². The third-order valence-electron chi connectivity index (χ3n) is 4.82. The number of anilines is 2. The van der Waals surface area contributed by atoms with Gasteiger partial charge in [0.2, 0.25) is 20.0 Å². The van der Waals surface area contributed by atoms with Crippen molar-refractivity contribution in [2.24, 2.45) is 5.10 Å².